The van der Waals surface area contributed by atoms with E-state index < -0.39 is 11.5 Å². The Balaban J connectivity index is 2.79. The highest BCUT2D eigenvalue weighted by molar-refractivity contribution is 6.03. The predicted molar refractivity (Wildman–Crippen MR) is 64.6 cm³/mol. The Bertz CT molecular complexity index is 412. The minimum absolute atomic E-state index is 0.129. The van der Waals surface area contributed by atoms with Gasteiger partial charge in [0.15, 0.2) is 0 Å². The molecule has 100 valence electrons. The van der Waals surface area contributed by atoms with Gasteiger partial charge in [-0.2, -0.15) is 0 Å². The second kappa shape index (κ2) is 5.30. The lowest BCUT2D eigenvalue weighted by atomic mass is 9.98. The minimum atomic E-state index is -0.777. The second-order valence-corrected chi connectivity index (χ2v) is 4.70. The quantitative estimate of drug-likeness (QED) is 0.430. The lowest BCUT2D eigenvalue weighted by molar-refractivity contribution is -0.144. The van der Waals surface area contributed by atoms with Gasteiger partial charge in [-0.3, -0.25) is 19.8 Å². The van der Waals surface area contributed by atoms with Gasteiger partial charge in [0.05, 0.1) is 19.2 Å². The number of esters is 1. The summed E-state index contributed by atoms with van der Waals surface area (Å²) in [7, 11) is 1.31. The zero-order valence-electron chi connectivity index (χ0n) is 11.1. The number of piperazine rings is 1. The monoisotopic (exact) mass is 254 g/mol. The van der Waals surface area contributed by atoms with Gasteiger partial charge in [-0.05, 0) is 20.8 Å². The van der Waals surface area contributed by atoms with Crippen LogP contribution >= 0.6 is 0 Å². The lowest BCUT2D eigenvalue weighted by Crippen LogP contribution is -2.63. The van der Waals surface area contributed by atoms with E-state index in [2.05, 4.69) is 10.1 Å². The second-order valence-electron chi connectivity index (χ2n) is 4.70. The number of nitrogens with zero attached hydrogens (tertiary/aromatic N) is 1. The largest absolute Gasteiger partial charge is 0.466 e. The molecule has 1 heterocycles. The van der Waals surface area contributed by atoms with Gasteiger partial charge in [-0.1, -0.05) is 6.08 Å². The van der Waals surface area contributed by atoms with E-state index in [-0.39, 0.29) is 18.4 Å². The van der Waals surface area contributed by atoms with Crippen LogP contribution in [0.4, 0.5) is 0 Å². The highest BCUT2D eigenvalue weighted by Gasteiger charge is 2.40. The number of hydrogen-bond acceptors (Lipinski definition) is 5. The zero-order valence-corrected chi connectivity index (χ0v) is 11.1. The Morgan fingerprint density at radius 3 is 2.67 bits per heavy atom. The fourth-order valence-electron chi connectivity index (χ4n) is 1.62. The highest BCUT2D eigenvalue weighted by Crippen LogP contribution is 2.18. The van der Waals surface area contributed by atoms with E-state index in [9.17, 15) is 14.4 Å². The van der Waals surface area contributed by atoms with Gasteiger partial charge in [-0.25, -0.2) is 4.79 Å². The van der Waals surface area contributed by atoms with Crippen molar-refractivity contribution in [3.63, 3.8) is 0 Å². The molecule has 18 heavy (non-hydrogen) atoms. The van der Waals surface area contributed by atoms with Gasteiger partial charge in [-0.15, -0.1) is 0 Å². The highest BCUT2D eigenvalue weighted by atomic mass is 16.5. The molecule has 1 rings (SSSR count). The summed E-state index contributed by atoms with van der Waals surface area (Å²) >= 11 is 0. The SMILES string of the molecule is COC(=O)C(C)=CCN1CC(=O)NC(=O)C1(C)C. The molecule has 6 heteroatoms. The van der Waals surface area contributed by atoms with Crippen LogP contribution in [0.25, 0.3) is 0 Å². The van der Waals surface area contributed by atoms with Crippen molar-refractivity contribution < 1.29 is 19.1 Å². The van der Waals surface area contributed by atoms with Crippen LogP contribution in [0.2, 0.25) is 0 Å². The lowest BCUT2D eigenvalue weighted by Gasteiger charge is -2.39. The van der Waals surface area contributed by atoms with Crippen molar-refractivity contribution in [2.45, 2.75) is 26.3 Å². The van der Waals surface area contributed by atoms with Gasteiger partial charge >= 0.3 is 5.97 Å². The molecule has 1 aliphatic heterocycles. The van der Waals surface area contributed by atoms with Crippen LogP contribution in [0.3, 0.4) is 0 Å². The summed E-state index contributed by atoms with van der Waals surface area (Å²) < 4.78 is 4.57. The first-order chi connectivity index (χ1) is 8.28. The Hall–Kier alpha value is -1.69. The topological polar surface area (TPSA) is 75.7 Å². The molecule has 1 aliphatic rings. The third-order valence-corrected chi connectivity index (χ3v) is 3.06. The van der Waals surface area contributed by atoms with E-state index in [0.717, 1.165) is 0 Å². The zero-order chi connectivity index (χ0) is 13.9. The Morgan fingerprint density at radius 2 is 2.11 bits per heavy atom. The Labute approximate surface area is 106 Å². The number of methoxy groups -OCH3 is 1. The molecule has 0 aromatic rings. The van der Waals surface area contributed by atoms with E-state index in [1.165, 1.54) is 7.11 Å². The van der Waals surface area contributed by atoms with Crippen molar-refractivity contribution in [2.75, 3.05) is 20.2 Å². The molecule has 0 saturated carbocycles. The van der Waals surface area contributed by atoms with Crippen molar-refractivity contribution in [3.05, 3.63) is 11.6 Å². The van der Waals surface area contributed by atoms with Crippen molar-refractivity contribution >= 4 is 17.8 Å². The molecule has 0 unspecified atom stereocenters. The Morgan fingerprint density at radius 1 is 1.50 bits per heavy atom. The fraction of sp³-hybridized carbons (Fsp3) is 0.583. The maximum atomic E-state index is 11.7. The molecule has 6 nitrogen and oxygen atoms in total. The van der Waals surface area contributed by atoms with Gasteiger partial charge in [0.25, 0.3) is 0 Å². The number of rotatable bonds is 3. The molecular formula is C12H18N2O4. The predicted octanol–water partition coefficient (Wildman–Crippen LogP) is -0.157. The number of hydrogen-bond donors (Lipinski definition) is 1. The minimum Gasteiger partial charge on any atom is -0.466 e. The number of ether oxygens (including phenoxy) is 1. The maximum absolute atomic E-state index is 11.7. The molecule has 1 fully saturated rings. The number of amides is 2. The van der Waals surface area contributed by atoms with Crippen LogP contribution < -0.4 is 5.32 Å². The summed E-state index contributed by atoms with van der Waals surface area (Å²) in [5.41, 5.74) is -0.326. The number of carbonyl (C=O) groups is 3. The van der Waals surface area contributed by atoms with Crippen molar-refractivity contribution in [1.29, 1.82) is 0 Å². The van der Waals surface area contributed by atoms with Crippen LogP contribution in [0.5, 0.6) is 0 Å². The van der Waals surface area contributed by atoms with Gasteiger partial charge in [0.1, 0.15) is 0 Å². The molecule has 0 aromatic carbocycles. The number of imide groups is 1. The van der Waals surface area contributed by atoms with E-state index in [1.807, 2.05) is 0 Å². The van der Waals surface area contributed by atoms with Gasteiger partial charge in [0, 0.05) is 12.1 Å². The van der Waals surface area contributed by atoms with Crippen LogP contribution in [0.15, 0.2) is 11.6 Å². The smallest absolute Gasteiger partial charge is 0.333 e. The van der Waals surface area contributed by atoms with Crippen LogP contribution in [0, 0.1) is 0 Å². The molecular weight excluding hydrogens is 236 g/mol. The molecule has 0 atom stereocenters. The molecule has 1 N–H and O–H groups in total. The fourth-order valence-corrected chi connectivity index (χ4v) is 1.62. The molecule has 0 aliphatic carbocycles. The average molecular weight is 254 g/mol. The number of nitrogens with one attached hydrogen (secondary N) is 1. The van der Waals surface area contributed by atoms with E-state index in [0.29, 0.717) is 12.1 Å². The summed E-state index contributed by atoms with van der Waals surface area (Å²) in [6, 6.07) is 0. The van der Waals surface area contributed by atoms with E-state index in [4.69, 9.17) is 0 Å². The summed E-state index contributed by atoms with van der Waals surface area (Å²) in [6.45, 7) is 5.56. The van der Waals surface area contributed by atoms with Crippen molar-refractivity contribution in [1.82, 2.24) is 10.2 Å². The first-order valence-electron chi connectivity index (χ1n) is 5.63. The summed E-state index contributed by atoms with van der Waals surface area (Å²) in [5, 5.41) is 2.29. The normalized spacial score (nSPS) is 20.6. The first kappa shape index (κ1) is 14.4. The summed E-state index contributed by atoms with van der Waals surface area (Å²) in [6.07, 6.45) is 1.65. The van der Waals surface area contributed by atoms with Crippen molar-refractivity contribution in [2.24, 2.45) is 0 Å². The molecule has 2 amide bonds. The Kier molecular flexibility index (Phi) is 4.24. The summed E-state index contributed by atoms with van der Waals surface area (Å²) in [4.78, 5) is 35.9. The van der Waals surface area contributed by atoms with Crippen LogP contribution in [-0.2, 0) is 19.1 Å². The van der Waals surface area contributed by atoms with Gasteiger partial charge in [0.2, 0.25) is 11.8 Å². The third-order valence-electron chi connectivity index (χ3n) is 3.06. The third kappa shape index (κ3) is 2.95. The van der Waals surface area contributed by atoms with E-state index >= 15 is 0 Å². The van der Waals surface area contributed by atoms with Crippen LogP contribution in [-0.4, -0.2) is 48.4 Å². The van der Waals surface area contributed by atoms with E-state index in [1.54, 1.807) is 31.7 Å². The standard InChI is InChI=1S/C12H18N2O4/c1-8(10(16)18-4)5-6-14-7-9(15)13-11(17)12(14,2)3/h5H,6-7H2,1-4H3,(H,13,15,17). The van der Waals surface area contributed by atoms with Gasteiger partial charge < -0.3 is 4.74 Å². The molecule has 0 spiro atoms. The molecule has 0 bridgehead atoms. The van der Waals surface area contributed by atoms with Crippen LogP contribution in [0.1, 0.15) is 20.8 Å². The maximum Gasteiger partial charge on any atom is 0.333 e. The molecule has 0 aromatic heterocycles. The molecule has 1 saturated heterocycles. The first-order valence-corrected chi connectivity index (χ1v) is 5.63. The van der Waals surface area contributed by atoms with Crippen molar-refractivity contribution in [3.8, 4) is 0 Å². The summed E-state index contributed by atoms with van der Waals surface area (Å²) in [5.74, 6) is -1.08. The number of carbonyl (C=O) groups excluding carboxylic acids is 3. The molecule has 0 radical (unpaired) electrons. The average Bonchev–Trinajstić information content (AvgIpc) is 2.30.